The Labute approximate surface area is 137 Å². The maximum atomic E-state index is 12.8. The highest BCUT2D eigenvalue weighted by Crippen LogP contribution is 2.31. The molecule has 1 saturated carbocycles. The molecule has 2 amide bonds. The third-order valence-electron chi connectivity index (χ3n) is 4.99. The lowest BCUT2D eigenvalue weighted by Gasteiger charge is -2.33. The molecule has 0 aromatic carbocycles. The summed E-state index contributed by atoms with van der Waals surface area (Å²) in [6.07, 6.45) is 9.76. The largest absolute Gasteiger partial charge is 0.356 e. The first-order valence-corrected chi connectivity index (χ1v) is 8.72. The van der Waals surface area contributed by atoms with Gasteiger partial charge in [0.25, 0.3) is 0 Å². The zero-order chi connectivity index (χ0) is 16.1. The number of nitrogens with zero attached hydrogens (tertiary/aromatic N) is 2. The van der Waals surface area contributed by atoms with E-state index < -0.39 is 0 Å². The van der Waals surface area contributed by atoms with Gasteiger partial charge in [-0.05, 0) is 43.7 Å². The van der Waals surface area contributed by atoms with Crippen LogP contribution < -0.4 is 5.32 Å². The summed E-state index contributed by atoms with van der Waals surface area (Å²) < 4.78 is 0. The van der Waals surface area contributed by atoms with Crippen molar-refractivity contribution in [3.8, 4) is 0 Å². The molecule has 5 nitrogen and oxygen atoms in total. The number of carbonyl (C=O) groups excluding carboxylic acids is 2. The predicted molar refractivity (Wildman–Crippen MR) is 87.6 cm³/mol. The second-order valence-electron chi connectivity index (χ2n) is 6.58. The molecule has 2 atom stereocenters. The molecule has 1 aliphatic heterocycles. The van der Waals surface area contributed by atoms with Gasteiger partial charge in [-0.15, -0.1) is 0 Å². The Morgan fingerprint density at radius 1 is 1.26 bits per heavy atom. The van der Waals surface area contributed by atoms with Crippen LogP contribution in [0.15, 0.2) is 24.5 Å². The summed E-state index contributed by atoms with van der Waals surface area (Å²) in [7, 11) is 0. The molecule has 0 spiro atoms. The van der Waals surface area contributed by atoms with E-state index in [2.05, 4.69) is 10.3 Å². The Morgan fingerprint density at radius 3 is 3.00 bits per heavy atom. The van der Waals surface area contributed by atoms with Gasteiger partial charge < -0.3 is 10.2 Å². The molecule has 2 aliphatic rings. The zero-order valence-electron chi connectivity index (χ0n) is 13.5. The van der Waals surface area contributed by atoms with E-state index in [-0.39, 0.29) is 23.8 Å². The summed E-state index contributed by atoms with van der Waals surface area (Å²) in [6, 6.07) is 3.86. The lowest BCUT2D eigenvalue weighted by atomic mass is 9.98. The molecule has 5 heteroatoms. The van der Waals surface area contributed by atoms with Crippen molar-refractivity contribution in [1.82, 2.24) is 15.2 Å². The smallest absolute Gasteiger partial charge is 0.227 e. The Hall–Kier alpha value is -1.91. The Kier molecular flexibility index (Phi) is 5.26. The van der Waals surface area contributed by atoms with Crippen LogP contribution in [0.2, 0.25) is 0 Å². The van der Waals surface area contributed by atoms with Gasteiger partial charge in [-0.1, -0.05) is 12.5 Å². The number of hydrogen-bond donors (Lipinski definition) is 1. The van der Waals surface area contributed by atoms with Crippen LogP contribution in [0.4, 0.5) is 0 Å². The molecule has 124 valence electrons. The summed E-state index contributed by atoms with van der Waals surface area (Å²) in [5.74, 6) is 0.225. The number of pyridine rings is 1. The van der Waals surface area contributed by atoms with Crippen LogP contribution in [0, 0.1) is 5.92 Å². The van der Waals surface area contributed by atoms with Crippen LogP contribution in [0.3, 0.4) is 0 Å². The first-order chi connectivity index (χ1) is 11.3. The number of carbonyl (C=O) groups is 2. The standard InChI is InChI=1S/C18H25N3O2/c22-17(12-14-6-5-9-19-13-14)21-11-3-1-2-10-20-18(23)15-7-4-8-16(15)21/h5-6,9,13,15-16H,1-4,7-8,10-12H2,(H,20,23). The second-order valence-corrected chi connectivity index (χ2v) is 6.58. The van der Waals surface area contributed by atoms with E-state index in [9.17, 15) is 9.59 Å². The highest BCUT2D eigenvalue weighted by Gasteiger charge is 2.38. The van der Waals surface area contributed by atoms with Gasteiger partial charge in [0.15, 0.2) is 0 Å². The monoisotopic (exact) mass is 315 g/mol. The molecule has 1 saturated heterocycles. The summed E-state index contributed by atoms with van der Waals surface area (Å²) in [5, 5.41) is 3.05. The minimum Gasteiger partial charge on any atom is -0.356 e. The molecule has 0 radical (unpaired) electrons. The summed E-state index contributed by atoms with van der Waals surface area (Å²) in [4.78, 5) is 31.3. The minimum absolute atomic E-state index is 0.0362. The lowest BCUT2D eigenvalue weighted by molar-refractivity contribution is -0.136. The van der Waals surface area contributed by atoms with Crippen LogP contribution in [0.5, 0.6) is 0 Å². The number of aromatic nitrogens is 1. The maximum absolute atomic E-state index is 12.8. The first kappa shape index (κ1) is 16.0. The molecule has 2 unspecified atom stereocenters. The van der Waals surface area contributed by atoms with Gasteiger partial charge in [0.2, 0.25) is 11.8 Å². The molecule has 2 fully saturated rings. The Morgan fingerprint density at radius 2 is 2.17 bits per heavy atom. The fraction of sp³-hybridized carbons (Fsp3) is 0.611. The maximum Gasteiger partial charge on any atom is 0.227 e. The molecule has 1 aromatic heterocycles. The first-order valence-electron chi connectivity index (χ1n) is 8.72. The van der Waals surface area contributed by atoms with Gasteiger partial charge in [0.05, 0.1) is 12.3 Å². The number of rotatable bonds is 2. The average Bonchev–Trinajstić information content (AvgIpc) is 3.04. The quantitative estimate of drug-likeness (QED) is 0.907. The van der Waals surface area contributed by atoms with Gasteiger partial charge in [0, 0.05) is 31.5 Å². The van der Waals surface area contributed by atoms with E-state index in [0.717, 1.165) is 57.2 Å². The van der Waals surface area contributed by atoms with Crippen molar-refractivity contribution in [1.29, 1.82) is 0 Å². The van der Waals surface area contributed by atoms with Gasteiger partial charge in [0.1, 0.15) is 0 Å². The van der Waals surface area contributed by atoms with Crippen LogP contribution in [0.25, 0.3) is 0 Å². The Balaban J connectivity index is 1.75. The summed E-state index contributed by atoms with van der Waals surface area (Å²) >= 11 is 0. The molecule has 23 heavy (non-hydrogen) atoms. The van der Waals surface area contributed by atoms with Gasteiger partial charge in [-0.2, -0.15) is 0 Å². The van der Waals surface area contributed by atoms with Crippen LogP contribution in [0.1, 0.15) is 44.1 Å². The normalized spacial score (nSPS) is 25.6. The van der Waals surface area contributed by atoms with E-state index in [1.54, 1.807) is 12.4 Å². The van der Waals surface area contributed by atoms with Crippen molar-refractivity contribution >= 4 is 11.8 Å². The third-order valence-corrected chi connectivity index (χ3v) is 4.99. The summed E-state index contributed by atoms with van der Waals surface area (Å²) in [6.45, 7) is 1.54. The molecule has 1 aromatic rings. The van der Waals surface area contributed by atoms with Crippen LogP contribution in [-0.2, 0) is 16.0 Å². The van der Waals surface area contributed by atoms with Crippen molar-refractivity contribution in [3.63, 3.8) is 0 Å². The molecule has 3 rings (SSSR count). The van der Waals surface area contributed by atoms with Crippen molar-refractivity contribution in [2.75, 3.05) is 13.1 Å². The predicted octanol–water partition coefficient (Wildman–Crippen LogP) is 1.92. The van der Waals surface area contributed by atoms with Crippen LogP contribution in [-0.4, -0.2) is 40.8 Å². The molecule has 1 N–H and O–H groups in total. The van der Waals surface area contributed by atoms with Crippen molar-refractivity contribution in [2.24, 2.45) is 5.92 Å². The molecule has 1 aliphatic carbocycles. The fourth-order valence-corrected chi connectivity index (χ4v) is 3.80. The molecular weight excluding hydrogens is 290 g/mol. The van der Waals surface area contributed by atoms with Crippen molar-refractivity contribution in [3.05, 3.63) is 30.1 Å². The Bertz CT molecular complexity index is 546. The second kappa shape index (κ2) is 7.57. The number of fused-ring (bicyclic) bond motifs is 1. The van der Waals surface area contributed by atoms with Crippen LogP contribution >= 0.6 is 0 Å². The van der Waals surface area contributed by atoms with E-state index in [0.29, 0.717) is 6.42 Å². The highest BCUT2D eigenvalue weighted by atomic mass is 16.2. The highest BCUT2D eigenvalue weighted by molar-refractivity contribution is 5.83. The third kappa shape index (κ3) is 3.89. The van der Waals surface area contributed by atoms with Crippen molar-refractivity contribution < 1.29 is 9.59 Å². The topological polar surface area (TPSA) is 62.3 Å². The average molecular weight is 315 g/mol. The van der Waals surface area contributed by atoms with E-state index in [4.69, 9.17) is 0 Å². The van der Waals surface area contributed by atoms with E-state index in [1.807, 2.05) is 17.0 Å². The molecular formula is C18H25N3O2. The SMILES string of the molecule is O=C1NCCCCCN(C(=O)Cc2cccnc2)C2CCCC12. The van der Waals surface area contributed by atoms with E-state index in [1.165, 1.54) is 0 Å². The molecule has 0 bridgehead atoms. The molecule has 2 heterocycles. The number of hydrogen-bond acceptors (Lipinski definition) is 3. The zero-order valence-corrected chi connectivity index (χ0v) is 13.5. The summed E-state index contributed by atoms with van der Waals surface area (Å²) in [5.41, 5.74) is 0.939. The van der Waals surface area contributed by atoms with Gasteiger partial charge in [-0.3, -0.25) is 14.6 Å². The van der Waals surface area contributed by atoms with E-state index >= 15 is 0 Å². The van der Waals surface area contributed by atoms with Crippen molar-refractivity contribution in [2.45, 2.75) is 51.0 Å². The lowest BCUT2D eigenvalue weighted by Crippen LogP contribution is -2.48. The van der Waals surface area contributed by atoms with Gasteiger partial charge >= 0.3 is 0 Å². The van der Waals surface area contributed by atoms with Gasteiger partial charge in [-0.25, -0.2) is 0 Å². The number of amides is 2. The number of nitrogens with one attached hydrogen (secondary N) is 1. The minimum atomic E-state index is -0.0362. The fourth-order valence-electron chi connectivity index (χ4n) is 3.80.